The molecule has 1 aromatic heterocycles. The van der Waals surface area contributed by atoms with Crippen LogP contribution in [0.25, 0.3) is 5.69 Å². The molecule has 0 aliphatic heterocycles. The number of carbonyl (C=O) groups excluding carboxylic acids is 1. The second-order valence-electron chi connectivity index (χ2n) is 6.47. The van der Waals surface area contributed by atoms with Crippen LogP contribution in [0.15, 0.2) is 36.5 Å². The van der Waals surface area contributed by atoms with Crippen molar-refractivity contribution >= 4 is 11.6 Å². The van der Waals surface area contributed by atoms with Crippen LogP contribution in [0.1, 0.15) is 49.0 Å². The first-order valence-electron chi connectivity index (χ1n) is 8.72. The second-order valence-corrected chi connectivity index (χ2v) is 6.47. The van der Waals surface area contributed by atoms with Gasteiger partial charge in [0.1, 0.15) is 0 Å². The molecule has 0 spiro atoms. The number of hydrogen-bond acceptors (Lipinski definition) is 4. The number of benzene rings is 1. The van der Waals surface area contributed by atoms with Crippen molar-refractivity contribution in [3.05, 3.63) is 52.3 Å². The maximum Gasteiger partial charge on any atom is 0.271 e. The zero-order valence-corrected chi connectivity index (χ0v) is 14.1. The van der Waals surface area contributed by atoms with Gasteiger partial charge in [0.15, 0.2) is 5.69 Å². The number of nitro groups is 1. The Balaban J connectivity index is 1.51. The van der Waals surface area contributed by atoms with Crippen molar-refractivity contribution in [3.8, 4) is 5.69 Å². The van der Waals surface area contributed by atoms with Crippen molar-refractivity contribution in [3.63, 3.8) is 0 Å². The summed E-state index contributed by atoms with van der Waals surface area (Å²) in [6.07, 6.45) is 9.20. The van der Waals surface area contributed by atoms with Crippen LogP contribution >= 0.6 is 0 Å². The first-order valence-corrected chi connectivity index (χ1v) is 8.72. The van der Waals surface area contributed by atoms with Crippen LogP contribution in [-0.2, 0) is 0 Å². The van der Waals surface area contributed by atoms with Gasteiger partial charge in [-0.05, 0) is 37.0 Å². The zero-order valence-electron chi connectivity index (χ0n) is 14.1. The largest absolute Gasteiger partial charge is 0.351 e. The Kier molecular flexibility index (Phi) is 5.42. The van der Waals surface area contributed by atoms with Crippen molar-refractivity contribution in [1.82, 2.24) is 15.1 Å². The average molecular weight is 342 g/mol. The van der Waals surface area contributed by atoms with Gasteiger partial charge >= 0.3 is 0 Å². The van der Waals surface area contributed by atoms with Gasteiger partial charge in [-0.1, -0.05) is 25.7 Å². The topological polar surface area (TPSA) is 90.1 Å². The van der Waals surface area contributed by atoms with E-state index in [4.69, 9.17) is 0 Å². The molecule has 7 heteroatoms. The molecular formula is C18H22N4O3. The molecule has 1 N–H and O–H groups in total. The van der Waals surface area contributed by atoms with Crippen molar-refractivity contribution in [2.75, 3.05) is 6.54 Å². The Morgan fingerprint density at radius 1 is 1.24 bits per heavy atom. The summed E-state index contributed by atoms with van der Waals surface area (Å²) in [7, 11) is 0. The number of amides is 1. The monoisotopic (exact) mass is 342 g/mol. The summed E-state index contributed by atoms with van der Waals surface area (Å²) in [5, 5.41) is 17.8. The van der Waals surface area contributed by atoms with Crippen molar-refractivity contribution in [2.24, 2.45) is 5.92 Å². The molecule has 1 heterocycles. The highest BCUT2D eigenvalue weighted by Crippen LogP contribution is 2.28. The van der Waals surface area contributed by atoms with E-state index in [9.17, 15) is 14.9 Å². The number of nitro benzene ring substituents is 1. The Bertz CT molecular complexity index is 733. The lowest BCUT2D eigenvalue weighted by atomic mass is 10.0. The Morgan fingerprint density at radius 3 is 2.64 bits per heavy atom. The first-order chi connectivity index (χ1) is 12.1. The van der Waals surface area contributed by atoms with E-state index in [-0.39, 0.29) is 11.6 Å². The fraction of sp³-hybridized carbons (Fsp3) is 0.444. The lowest BCUT2D eigenvalue weighted by Gasteiger charge is -2.08. The smallest absolute Gasteiger partial charge is 0.271 e. The first kappa shape index (κ1) is 17.1. The highest BCUT2D eigenvalue weighted by molar-refractivity contribution is 5.92. The Morgan fingerprint density at radius 2 is 1.96 bits per heavy atom. The molecule has 1 aromatic carbocycles. The van der Waals surface area contributed by atoms with Gasteiger partial charge in [-0.2, -0.15) is 5.10 Å². The van der Waals surface area contributed by atoms with Crippen LogP contribution in [0, 0.1) is 16.0 Å². The van der Waals surface area contributed by atoms with Gasteiger partial charge in [0.05, 0.1) is 10.6 Å². The molecule has 3 rings (SSSR count). The molecule has 0 bridgehead atoms. The Labute approximate surface area is 146 Å². The molecule has 0 unspecified atom stereocenters. The third-order valence-corrected chi connectivity index (χ3v) is 4.70. The fourth-order valence-corrected chi connectivity index (χ4v) is 3.30. The molecule has 7 nitrogen and oxygen atoms in total. The van der Waals surface area contributed by atoms with Gasteiger partial charge < -0.3 is 5.32 Å². The molecule has 132 valence electrons. The molecule has 1 aliphatic rings. The second kappa shape index (κ2) is 7.92. The molecule has 25 heavy (non-hydrogen) atoms. The van der Waals surface area contributed by atoms with Crippen LogP contribution in [0.4, 0.5) is 5.69 Å². The normalized spacial score (nSPS) is 14.6. The highest BCUT2D eigenvalue weighted by atomic mass is 16.6. The highest BCUT2D eigenvalue weighted by Gasteiger charge is 2.15. The van der Waals surface area contributed by atoms with E-state index in [0.29, 0.717) is 17.9 Å². The summed E-state index contributed by atoms with van der Waals surface area (Å²) < 4.78 is 1.54. The standard InChI is InChI=1S/C18H22N4O3/c23-18(19-12-3-6-14-4-1-2-5-14)17-11-13-21(20-17)15-7-9-16(10-8-15)22(24)25/h7-11,13-14H,1-6,12H2,(H,19,23). The van der Waals surface area contributed by atoms with E-state index in [0.717, 1.165) is 12.3 Å². The third kappa shape index (κ3) is 4.43. The van der Waals surface area contributed by atoms with Crippen molar-refractivity contribution < 1.29 is 9.72 Å². The van der Waals surface area contributed by atoms with E-state index in [2.05, 4.69) is 10.4 Å². The van der Waals surface area contributed by atoms with Gasteiger partial charge in [-0.15, -0.1) is 0 Å². The van der Waals surface area contributed by atoms with Crippen LogP contribution in [-0.4, -0.2) is 27.2 Å². The van der Waals surface area contributed by atoms with E-state index >= 15 is 0 Å². The molecule has 0 radical (unpaired) electrons. The van der Waals surface area contributed by atoms with Crippen LogP contribution in [0.5, 0.6) is 0 Å². The number of non-ortho nitro benzene ring substituents is 1. The SMILES string of the molecule is O=C(NCCCC1CCCC1)c1ccn(-c2ccc([N+](=O)[O-])cc2)n1. The van der Waals surface area contributed by atoms with Crippen LogP contribution < -0.4 is 5.32 Å². The summed E-state index contributed by atoms with van der Waals surface area (Å²) in [6.45, 7) is 0.666. The van der Waals surface area contributed by atoms with Crippen molar-refractivity contribution in [1.29, 1.82) is 0 Å². The number of nitrogens with zero attached hydrogens (tertiary/aromatic N) is 3. The number of nitrogens with one attached hydrogen (secondary N) is 1. The van der Waals surface area contributed by atoms with Crippen LogP contribution in [0.3, 0.4) is 0 Å². The summed E-state index contributed by atoms with van der Waals surface area (Å²) in [5.74, 6) is 0.644. The van der Waals surface area contributed by atoms with E-state index < -0.39 is 4.92 Å². The Hall–Kier alpha value is -2.70. The number of hydrogen-bond donors (Lipinski definition) is 1. The molecule has 2 aromatic rings. The van der Waals surface area contributed by atoms with E-state index in [1.54, 1.807) is 24.4 Å². The van der Waals surface area contributed by atoms with Gasteiger partial charge in [0.25, 0.3) is 11.6 Å². The third-order valence-electron chi connectivity index (χ3n) is 4.70. The minimum atomic E-state index is -0.447. The molecule has 1 aliphatic carbocycles. The molecule has 0 saturated heterocycles. The minimum absolute atomic E-state index is 0.0242. The summed E-state index contributed by atoms with van der Waals surface area (Å²) in [5.41, 5.74) is 1.04. The minimum Gasteiger partial charge on any atom is -0.351 e. The maximum absolute atomic E-state index is 12.2. The van der Waals surface area contributed by atoms with Gasteiger partial charge in [0, 0.05) is 24.9 Å². The number of aromatic nitrogens is 2. The fourth-order valence-electron chi connectivity index (χ4n) is 3.30. The quantitative estimate of drug-likeness (QED) is 0.474. The summed E-state index contributed by atoms with van der Waals surface area (Å²) >= 11 is 0. The van der Waals surface area contributed by atoms with E-state index in [1.165, 1.54) is 48.9 Å². The van der Waals surface area contributed by atoms with Gasteiger partial charge in [-0.25, -0.2) is 4.68 Å². The zero-order chi connectivity index (χ0) is 17.6. The van der Waals surface area contributed by atoms with Gasteiger partial charge in [-0.3, -0.25) is 14.9 Å². The maximum atomic E-state index is 12.2. The average Bonchev–Trinajstić information content (AvgIpc) is 3.30. The molecule has 1 fully saturated rings. The summed E-state index contributed by atoms with van der Waals surface area (Å²) in [6, 6.07) is 7.69. The molecule has 1 amide bonds. The predicted molar refractivity (Wildman–Crippen MR) is 93.7 cm³/mol. The predicted octanol–water partition coefficient (Wildman–Crippen LogP) is 3.48. The number of rotatable bonds is 7. The lowest BCUT2D eigenvalue weighted by Crippen LogP contribution is -2.25. The number of carbonyl (C=O) groups is 1. The molecule has 1 saturated carbocycles. The van der Waals surface area contributed by atoms with Crippen LogP contribution in [0.2, 0.25) is 0 Å². The lowest BCUT2D eigenvalue weighted by molar-refractivity contribution is -0.384. The molecule has 0 atom stereocenters. The van der Waals surface area contributed by atoms with Gasteiger partial charge in [0.2, 0.25) is 0 Å². The van der Waals surface area contributed by atoms with E-state index in [1.807, 2.05) is 0 Å². The summed E-state index contributed by atoms with van der Waals surface area (Å²) in [4.78, 5) is 22.4. The molecular weight excluding hydrogens is 320 g/mol. The van der Waals surface area contributed by atoms with Crippen molar-refractivity contribution in [2.45, 2.75) is 38.5 Å².